The molecule has 0 bridgehead atoms. The summed E-state index contributed by atoms with van der Waals surface area (Å²) in [6.07, 6.45) is 0. The second-order valence-corrected chi connectivity index (χ2v) is 13.4. The Morgan fingerprint density at radius 2 is 0.784 bits per heavy atom. The van der Waals surface area contributed by atoms with Crippen molar-refractivity contribution in [3.63, 3.8) is 0 Å². The number of hydrogen-bond acceptors (Lipinski definition) is 1. The Balaban J connectivity index is 1.04. The number of rotatable bonds is 4. The molecule has 0 amide bonds. The number of aromatic nitrogens is 2. The van der Waals surface area contributed by atoms with Gasteiger partial charge in [-0.1, -0.05) is 103 Å². The zero-order chi connectivity index (χ0) is 33.5. The number of benzene rings is 8. The molecule has 0 atom stereocenters. The molecule has 0 saturated heterocycles. The molecule has 3 aromatic heterocycles. The predicted molar refractivity (Wildman–Crippen MR) is 213 cm³/mol. The lowest BCUT2D eigenvalue weighted by atomic mass is 9.97. The van der Waals surface area contributed by atoms with E-state index in [1.54, 1.807) is 0 Å². The smallest absolute Gasteiger partial charge is 0.135 e. The van der Waals surface area contributed by atoms with Crippen molar-refractivity contribution >= 4 is 65.6 Å². The van der Waals surface area contributed by atoms with E-state index in [1.165, 1.54) is 71.6 Å². The zero-order valence-electron chi connectivity index (χ0n) is 27.6. The topological polar surface area (TPSA) is 23.0 Å². The highest BCUT2D eigenvalue weighted by molar-refractivity contribution is 6.12. The summed E-state index contributed by atoms with van der Waals surface area (Å²) >= 11 is 0. The molecule has 3 heterocycles. The summed E-state index contributed by atoms with van der Waals surface area (Å²) in [6.45, 7) is 0. The molecule has 0 aliphatic carbocycles. The lowest BCUT2D eigenvalue weighted by Gasteiger charge is -2.10. The quantitative estimate of drug-likeness (QED) is 0.186. The number of para-hydroxylation sites is 4. The average Bonchev–Trinajstić information content (AvgIpc) is 3.85. The van der Waals surface area contributed by atoms with Crippen molar-refractivity contribution in [1.29, 1.82) is 0 Å². The van der Waals surface area contributed by atoms with Crippen molar-refractivity contribution in [2.24, 2.45) is 0 Å². The Kier molecular flexibility index (Phi) is 5.96. The summed E-state index contributed by atoms with van der Waals surface area (Å²) < 4.78 is 10.9. The molecular weight excluding hydrogens is 621 g/mol. The van der Waals surface area contributed by atoms with Crippen LogP contribution in [-0.2, 0) is 0 Å². The first-order valence-electron chi connectivity index (χ1n) is 17.4. The van der Waals surface area contributed by atoms with Crippen LogP contribution in [0, 0.1) is 0 Å². The zero-order valence-corrected chi connectivity index (χ0v) is 27.6. The van der Waals surface area contributed by atoms with Gasteiger partial charge in [0.15, 0.2) is 0 Å². The lowest BCUT2D eigenvalue weighted by Crippen LogP contribution is -1.93. The molecule has 3 heteroatoms. The van der Waals surface area contributed by atoms with Crippen LogP contribution >= 0.6 is 0 Å². The second kappa shape index (κ2) is 10.8. The van der Waals surface area contributed by atoms with E-state index >= 15 is 0 Å². The van der Waals surface area contributed by atoms with Crippen LogP contribution in [0.4, 0.5) is 0 Å². The summed E-state index contributed by atoms with van der Waals surface area (Å²) in [4.78, 5) is 0. The van der Waals surface area contributed by atoms with Gasteiger partial charge in [-0.25, -0.2) is 0 Å². The third-order valence-electron chi connectivity index (χ3n) is 10.5. The fourth-order valence-electron chi connectivity index (χ4n) is 8.17. The lowest BCUT2D eigenvalue weighted by molar-refractivity contribution is 0.669. The normalized spacial score (nSPS) is 11.9. The molecule has 0 radical (unpaired) electrons. The third kappa shape index (κ3) is 4.25. The van der Waals surface area contributed by atoms with Crippen molar-refractivity contribution in [3.8, 4) is 33.6 Å². The number of furan rings is 1. The Morgan fingerprint density at radius 1 is 0.275 bits per heavy atom. The molecule has 238 valence electrons. The van der Waals surface area contributed by atoms with E-state index < -0.39 is 0 Å². The van der Waals surface area contributed by atoms with E-state index in [1.807, 2.05) is 12.1 Å². The van der Waals surface area contributed by atoms with Gasteiger partial charge in [0, 0.05) is 43.7 Å². The minimum absolute atomic E-state index is 0.906. The van der Waals surface area contributed by atoms with E-state index in [0.29, 0.717) is 0 Å². The molecule has 51 heavy (non-hydrogen) atoms. The highest BCUT2D eigenvalue weighted by Crippen LogP contribution is 2.39. The number of hydrogen-bond donors (Lipinski definition) is 0. The van der Waals surface area contributed by atoms with Gasteiger partial charge in [0.05, 0.1) is 22.1 Å². The van der Waals surface area contributed by atoms with Crippen molar-refractivity contribution in [2.75, 3.05) is 0 Å². The van der Waals surface area contributed by atoms with Gasteiger partial charge in [0.1, 0.15) is 11.2 Å². The van der Waals surface area contributed by atoms with Gasteiger partial charge in [-0.2, -0.15) is 0 Å². The van der Waals surface area contributed by atoms with Crippen LogP contribution in [0.3, 0.4) is 0 Å². The maximum atomic E-state index is 6.16. The van der Waals surface area contributed by atoms with Crippen molar-refractivity contribution in [3.05, 3.63) is 182 Å². The van der Waals surface area contributed by atoms with Gasteiger partial charge in [0.25, 0.3) is 0 Å². The van der Waals surface area contributed by atoms with Gasteiger partial charge in [-0.3, -0.25) is 0 Å². The van der Waals surface area contributed by atoms with Crippen LogP contribution in [0.2, 0.25) is 0 Å². The highest BCUT2D eigenvalue weighted by Gasteiger charge is 2.16. The Hall–Kier alpha value is -6.84. The van der Waals surface area contributed by atoms with Crippen molar-refractivity contribution in [2.45, 2.75) is 0 Å². The van der Waals surface area contributed by atoms with Crippen LogP contribution in [0.15, 0.2) is 186 Å². The van der Waals surface area contributed by atoms with Gasteiger partial charge in [-0.05, 0) is 101 Å². The number of nitrogens with zero attached hydrogens (tertiary/aromatic N) is 2. The second-order valence-electron chi connectivity index (χ2n) is 13.4. The molecule has 0 spiro atoms. The summed E-state index contributed by atoms with van der Waals surface area (Å²) in [5.74, 6) is 0. The first kappa shape index (κ1) is 28.0. The molecule has 0 saturated carbocycles. The Bertz CT molecular complexity index is 3140. The first-order chi connectivity index (χ1) is 25.3. The minimum atomic E-state index is 0.906. The van der Waals surface area contributed by atoms with Gasteiger partial charge in [0.2, 0.25) is 0 Å². The van der Waals surface area contributed by atoms with Gasteiger partial charge in [-0.15, -0.1) is 0 Å². The van der Waals surface area contributed by atoms with Gasteiger partial charge < -0.3 is 13.6 Å². The van der Waals surface area contributed by atoms with Crippen molar-refractivity contribution in [1.82, 2.24) is 9.13 Å². The van der Waals surface area contributed by atoms with Crippen LogP contribution < -0.4 is 0 Å². The van der Waals surface area contributed by atoms with E-state index in [4.69, 9.17) is 4.42 Å². The molecule has 0 aliphatic heterocycles. The van der Waals surface area contributed by atoms with Crippen LogP contribution in [0.5, 0.6) is 0 Å². The Morgan fingerprint density at radius 3 is 1.45 bits per heavy atom. The van der Waals surface area contributed by atoms with E-state index in [0.717, 1.165) is 27.6 Å². The highest BCUT2D eigenvalue weighted by atomic mass is 16.3. The maximum Gasteiger partial charge on any atom is 0.135 e. The monoisotopic (exact) mass is 650 g/mol. The minimum Gasteiger partial charge on any atom is -0.456 e. The average molecular weight is 651 g/mol. The summed E-state index contributed by atoms with van der Waals surface area (Å²) in [5, 5.41) is 7.26. The van der Waals surface area contributed by atoms with Crippen LogP contribution in [-0.4, -0.2) is 9.13 Å². The van der Waals surface area contributed by atoms with Crippen LogP contribution in [0.25, 0.3) is 99.2 Å². The molecule has 0 fully saturated rings. The fraction of sp³-hybridized carbons (Fsp3) is 0. The van der Waals surface area contributed by atoms with Crippen LogP contribution in [0.1, 0.15) is 0 Å². The van der Waals surface area contributed by atoms with E-state index in [-0.39, 0.29) is 0 Å². The third-order valence-corrected chi connectivity index (χ3v) is 10.5. The molecule has 11 aromatic rings. The molecular formula is C48H30N2O. The molecule has 0 aliphatic rings. The first-order valence-corrected chi connectivity index (χ1v) is 17.4. The summed E-state index contributed by atoms with van der Waals surface area (Å²) in [6, 6.07) is 65.6. The van der Waals surface area contributed by atoms with E-state index in [9.17, 15) is 0 Å². The summed E-state index contributed by atoms with van der Waals surface area (Å²) in [5.41, 5.74) is 13.7. The van der Waals surface area contributed by atoms with Gasteiger partial charge >= 0.3 is 0 Å². The molecule has 11 rings (SSSR count). The standard InChI is InChI=1S/C48H30N2O/c1-2-13-35(14-3-1)49-43-18-7-4-15-37(43)40-28-33(21-24-45(40)49)31-11-10-12-32(27-31)34-22-25-46-41(29-34)38-16-5-8-19-44(38)50(46)36-23-26-48-42(30-36)39-17-6-9-20-47(39)51-48/h1-30H. The van der Waals surface area contributed by atoms with E-state index in [2.05, 4.69) is 179 Å². The SMILES string of the molecule is c1ccc(-n2c3ccccc3c3cc(-c4cccc(-c5ccc6c(c5)c5ccccc5n6-c5ccc6oc7ccccc7c6c5)c4)ccc32)cc1. The molecule has 3 nitrogen and oxygen atoms in total. The largest absolute Gasteiger partial charge is 0.456 e. The molecule has 8 aromatic carbocycles. The maximum absolute atomic E-state index is 6.16. The predicted octanol–water partition coefficient (Wildman–Crippen LogP) is 13.1. The molecule has 0 unspecified atom stereocenters. The number of fused-ring (bicyclic) bond motifs is 9. The Labute approximate surface area is 293 Å². The van der Waals surface area contributed by atoms with Crippen molar-refractivity contribution < 1.29 is 4.42 Å². The summed E-state index contributed by atoms with van der Waals surface area (Å²) in [7, 11) is 0. The molecule has 0 N–H and O–H groups in total. The fourth-order valence-corrected chi connectivity index (χ4v) is 8.17.